The molecule has 1 aromatic heterocycles. The van der Waals surface area contributed by atoms with Crippen LogP contribution in [0.15, 0.2) is 70.1 Å². The van der Waals surface area contributed by atoms with Gasteiger partial charge in [0, 0.05) is 15.6 Å². The SMILES string of the molecule is C=CCOc1c(I)cc(Cl)cc1/C=c1\sc2n(c1=O)[C@H](c1ccccc1Cl)C(C(=O)OCC)=C(C)N=2. The molecule has 1 aliphatic heterocycles. The predicted octanol–water partition coefficient (Wildman–Crippen LogP) is 5.27. The summed E-state index contributed by atoms with van der Waals surface area (Å²) in [6.45, 7) is 7.65. The van der Waals surface area contributed by atoms with Crippen molar-refractivity contribution in [1.29, 1.82) is 0 Å². The molecule has 36 heavy (non-hydrogen) atoms. The number of halogens is 3. The van der Waals surface area contributed by atoms with Crippen LogP contribution in [0.1, 0.15) is 31.0 Å². The average Bonchev–Trinajstić information content (AvgIpc) is 3.12. The molecule has 0 bridgehead atoms. The van der Waals surface area contributed by atoms with Crippen molar-refractivity contribution in [3.05, 3.63) is 105 Å². The van der Waals surface area contributed by atoms with E-state index in [4.69, 9.17) is 32.7 Å². The number of nitrogens with zero attached hydrogens (tertiary/aromatic N) is 2. The minimum absolute atomic E-state index is 0.191. The molecule has 2 aromatic carbocycles. The average molecular weight is 655 g/mol. The van der Waals surface area contributed by atoms with Crippen LogP contribution in [0, 0.1) is 3.57 Å². The molecule has 0 saturated carbocycles. The van der Waals surface area contributed by atoms with Gasteiger partial charge in [-0.3, -0.25) is 9.36 Å². The van der Waals surface area contributed by atoms with E-state index in [1.165, 1.54) is 15.9 Å². The Morgan fingerprint density at radius 1 is 1.31 bits per heavy atom. The number of carbonyl (C=O) groups excluding carboxylic acids is 1. The van der Waals surface area contributed by atoms with Gasteiger partial charge in [0.2, 0.25) is 0 Å². The molecule has 0 amide bonds. The van der Waals surface area contributed by atoms with E-state index < -0.39 is 12.0 Å². The van der Waals surface area contributed by atoms with Crippen LogP contribution < -0.4 is 19.6 Å². The Bertz CT molecular complexity index is 1580. The fraction of sp³-hybridized carbons (Fsp3) is 0.192. The lowest BCUT2D eigenvalue weighted by atomic mass is 9.96. The maximum absolute atomic E-state index is 13.8. The molecule has 0 fully saturated rings. The molecule has 1 atom stereocenters. The smallest absolute Gasteiger partial charge is 0.338 e. The summed E-state index contributed by atoms with van der Waals surface area (Å²) in [7, 11) is 0. The molecule has 6 nitrogen and oxygen atoms in total. The third-order valence-electron chi connectivity index (χ3n) is 5.39. The lowest BCUT2D eigenvalue weighted by Gasteiger charge is -2.25. The van der Waals surface area contributed by atoms with Gasteiger partial charge in [-0.1, -0.05) is 65.4 Å². The molecule has 3 aromatic rings. The van der Waals surface area contributed by atoms with Gasteiger partial charge in [-0.25, -0.2) is 9.79 Å². The summed E-state index contributed by atoms with van der Waals surface area (Å²) in [5.41, 5.74) is 1.68. The fourth-order valence-electron chi connectivity index (χ4n) is 3.91. The van der Waals surface area contributed by atoms with Crippen molar-refractivity contribution in [2.75, 3.05) is 13.2 Å². The number of thiazole rings is 1. The zero-order valence-corrected chi connectivity index (χ0v) is 23.9. The highest BCUT2D eigenvalue weighted by atomic mass is 127. The van der Waals surface area contributed by atoms with Gasteiger partial charge in [-0.2, -0.15) is 0 Å². The summed E-state index contributed by atoms with van der Waals surface area (Å²) in [6.07, 6.45) is 3.37. The predicted molar refractivity (Wildman–Crippen MR) is 152 cm³/mol. The van der Waals surface area contributed by atoms with Crippen LogP contribution in [0.5, 0.6) is 5.75 Å². The minimum Gasteiger partial charge on any atom is -0.488 e. The van der Waals surface area contributed by atoms with Crippen molar-refractivity contribution >= 4 is 69.2 Å². The number of rotatable bonds is 7. The first-order chi connectivity index (χ1) is 17.3. The van der Waals surface area contributed by atoms with Gasteiger partial charge in [0.05, 0.1) is 26.0 Å². The highest BCUT2D eigenvalue weighted by molar-refractivity contribution is 14.1. The molecule has 0 aliphatic carbocycles. The number of aromatic nitrogens is 1. The molecule has 1 aliphatic rings. The van der Waals surface area contributed by atoms with E-state index in [0.29, 0.717) is 48.6 Å². The number of carbonyl (C=O) groups is 1. The Morgan fingerprint density at radius 2 is 2.06 bits per heavy atom. The highest BCUT2D eigenvalue weighted by Gasteiger charge is 2.34. The van der Waals surface area contributed by atoms with Crippen molar-refractivity contribution in [2.45, 2.75) is 19.9 Å². The standard InChI is InChI=1S/C26H21Cl2IN2O4S/c1-4-10-35-23-15(11-16(27)13-19(23)29)12-20-24(32)31-22(17-8-6-7-9-18(17)28)21(25(33)34-5-2)14(3)30-26(31)36-20/h4,6-9,11-13,22H,1,5,10H2,2-3H3/b20-12-/t22-/m1/s1. The molecule has 10 heteroatoms. The van der Waals surface area contributed by atoms with Crippen LogP contribution in [-0.2, 0) is 9.53 Å². The van der Waals surface area contributed by atoms with Crippen molar-refractivity contribution in [3.63, 3.8) is 0 Å². The zero-order chi connectivity index (χ0) is 26.0. The summed E-state index contributed by atoms with van der Waals surface area (Å²) in [6, 6.07) is 9.86. The highest BCUT2D eigenvalue weighted by Crippen LogP contribution is 2.35. The summed E-state index contributed by atoms with van der Waals surface area (Å²) in [4.78, 5) is 31.9. The summed E-state index contributed by atoms with van der Waals surface area (Å²) >= 11 is 16.2. The largest absolute Gasteiger partial charge is 0.488 e. The molecule has 186 valence electrons. The van der Waals surface area contributed by atoms with E-state index in [2.05, 4.69) is 34.2 Å². The number of fused-ring (bicyclic) bond motifs is 1. The van der Waals surface area contributed by atoms with Gasteiger partial charge >= 0.3 is 5.97 Å². The molecular formula is C26H21Cl2IN2O4S. The first kappa shape index (κ1) is 26.7. The fourth-order valence-corrected chi connectivity index (χ4v) is 6.40. The van der Waals surface area contributed by atoms with Gasteiger partial charge in [0.15, 0.2) is 4.80 Å². The molecule has 4 rings (SSSR count). The molecule has 2 heterocycles. The third kappa shape index (κ3) is 5.18. The van der Waals surface area contributed by atoms with Crippen LogP contribution in [0.3, 0.4) is 0 Å². The van der Waals surface area contributed by atoms with Crippen molar-refractivity contribution in [1.82, 2.24) is 4.57 Å². The molecule has 0 unspecified atom stereocenters. The monoisotopic (exact) mass is 654 g/mol. The van der Waals surface area contributed by atoms with Crippen LogP contribution in [0.25, 0.3) is 6.08 Å². The second-order valence-electron chi connectivity index (χ2n) is 7.73. The van der Waals surface area contributed by atoms with E-state index >= 15 is 0 Å². The Balaban J connectivity index is 1.98. The van der Waals surface area contributed by atoms with Gasteiger partial charge in [0.1, 0.15) is 18.4 Å². The lowest BCUT2D eigenvalue weighted by molar-refractivity contribution is -0.139. The van der Waals surface area contributed by atoms with E-state index in [1.807, 2.05) is 6.07 Å². The minimum atomic E-state index is -0.785. The summed E-state index contributed by atoms with van der Waals surface area (Å²) in [5, 5.41) is 0.942. The topological polar surface area (TPSA) is 69.9 Å². The number of allylic oxidation sites excluding steroid dienone is 1. The van der Waals surface area contributed by atoms with Gasteiger partial charge in [-0.05, 0) is 66.3 Å². The van der Waals surface area contributed by atoms with Crippen LogP contribution in [0.4, 0.5) is 0 Å². The second-order valence-corrected chi connectivity index (χ2v) is 10.7. The normalized spacial score (nSPS) is 15.4. The first-order valence-corrected chi connectivity index (χ1v) is 13.6. The number of hydrogen-bond donors (Lipinski definition) is 0. The Labute approximate surface area is 235 Å². The van der Waals surface area contributed by atoms with Gasteiger partial charge in [0.25, 0.3) is 5.56 Å². The molecule has 0 saturated heterocycles. The van der Waals surface area contributed by atoms with Crippen molar-refractivity contribution in [3.8, 4) is 5.75 Å². The zero-order valence-electron chi connectivity index (χ0n) is 19.4. The molecular weight excluding hydrogens is 634 g/mol. The van der Waals surface area contributed by atoms with E-state index in [0.717, 1.165) is 3.57 Å². The number of hydrogen-bond acceptors (Lipinski definition) is 6. The van der Waals surface area contributed by atoms with Gasteiger partial charge in [-0.15, -0.1) is 0 Å². The van der Waals surface area contributed by atoms with E-state index in [9.17, 15) is 9.59 Å². The van der Waals surface area contributed by atoms with Crippen molar-refractivity contribution < 1.29 is 14.3 Å². The van der Waals surface area contributed by atoms with E-state index in [-0.39, 0.29) is 17.7 Å². The summed E-state index contributed by atoms with van der Waals surface area (Å²) in [5.74, 6) is 0.0549. The lowest BCUT2D eigenvalue weighted by Crippen LogP contribution is -2.40. The molecule has 0 spiro atoms. The third-order valence-corrected chi connectivity index (χ3v) is 7.73. The number of esters is 1. The van der Waals surface area contributed by atoms with Crippen LogP contribution in [0.2, 0.25) is 10.0 Å². The van der Waals surface area contributed by atoms with Crippen LogP contribution in [-0.4, -0.2) is 23.8 Å². The maximum Gasteiger partial charge on any atom is 0.338 e. The second kappa shape index (κ2) is 11.3. The first-order valence-electron chi connectivity index (χ1n) is 10.9. The Kier molecular flexibility index (Phi) is 8.39. The number of benzene rings is 2. The number of ether oxygens (including phenoxy) is 2. The molecule has 0 radical (unpaired) electrons. The summed E-state index contributed by atoms with van der Waals surface area (Å²) < 4.78 is 13.9. The maximum atomic E-state index is 13.8. The quantitative estimate of drug-likeness (QED) is 0.198. The van der Waals surface area contributed by atoms with Crippen LogP contribution >= 0.6 is 57.1 Å². The Morgan fingerprint density at radius 3 is 2.75 bits per heavy atom. The molecule has 0 N–H and O–H groups in total. The Hall–Kier alpha value is -2.40. The van der Waals surface area contributed by atoms with E-state index in [1.54, 1.807) is 56.3 Å². The van der Waals surface area contributed by atoms with Crippen molar-refractivity contribution in [2.24, 2.45) is 4.99 Å². The van der Waals surface area contributed by atoms with Gasteiger partial charge < -0.3 is 9.47 Å².